The van der Waals surface area contributed by atoms with E-state index in [9.17, 15) is 4.79 Å². The molecule has 2 aliphatic heterocycles. The Labute approximate surface area is 199 Å². The summed E-state index contributed by atoms with van der Waals surface area (Å²) in [5, 5.41) is 14.1. The summed E-state index contributed by atoms with van der Waals surface area (Å²) in [6, 6.07) is 8.33. The van der Waals surface area contributed by atoms with Gasteiger partial charge in [-0.25, -0.2) is 4.68 Å². The largest absolute Gasteiger partial charge is 0.497 e. The zero-order chi connectivity index (χ0) is 23.1. The molecular weight excluding hydrogens is 430 g/mol. The van der Waals surface area contributed by atoms with Gasteiger partial charge in [0.1, 0.15) is 11.8 Å². The molecule has 0 amide bonds. The zero-order valence-electron chi connectivity index (χ0n) is 19.8. The molecule has 4 heterocycles. The monoisotopic (exact) mass is 463 g/mol. The third-order valence-electron chi connectivity index (χ3n) is 8.04. The average Bonchev–Trinajstić information content (AvgIpc) is 3.54. The summed E-state index contributed by atoms with van der Waals surface area (Å²) in [6.07, 6.45) is 8.31. The summed E-state index contributed by atoms with van der Waals surface area (Å²) in [7, 11) is 1.66. The Morgan fingerprint density at radius 3 is 2.74 bits per heavy atom. The third kappa shape index (κ3) is 3.90. The molecule has 1 aromatic carbocycles. The number of nitrogens with one attached hydrogen (secondary N) is 1. The summed E-state index contributed by atoms with van der Waals surface area (Å²) in [4.78, 5) is 21.6. The maximum Gasteiger partial charge on any atom is 0.253 e. The maximum atomic E-state index is 13.5. The summed E-state index contributed by atoms with van der Waals surface area (Å²) >= 11 is 0. The van der Waals surface area contributed by atoms with Gasteiger partial charge >= 0.3 is 0 Å². The van der Waals surface area contributed by atoms with E-state index in [0.717, 1.165) is 55.0 Å². The highest BCUT2D eigenvalue weighted by Crippen LogP contribution is 2.35. The number of pyridine rings is 1. The van der Waals surface area contributed by atoms with Crippen molar-refractivity contribution in [3.05, 3.63) is 46.0 Å². The first-order valence-corrected chi connectivity index (χ1v) is 12.7. The number of tetrazole rings is 1. The van der Waals surface area contributed by atoms with Crippen LogP contribution in [0, 0.1) is 0 Å². The van der Waals surface area contributed by atoms with Crippen LogP contribution in [0.15, 0.2) is 29.1 Å². The van der Waals surface area contributed by atoms with Gasteiger partial charge in [0.15, 0.2) is 5.82 Å². The van der Waals surface area contributed by atoms with Crippen molar-refractivity contribution in [2.24, 2.45) is 0 Å². The highest BCUT2D eigenvalue weighted by Gasteiger charge is 2.38. The van der Waals surface area contributed by atoms with Gasteiger partial charge in [0, 0.05) is 42.1 Å². The van der Waals surface area contributed by atoms with E-state index in [1.54, 1.807) is 7.11 Å². The molecule has 1 aliphatic carbocycles. The molecule has 0 unspecified atom stereocenters. The van der Waals surface area contributed by atoms with Crippen LogP contribution < -0.4 is 10.3 Å². The lowest BCUT2D eigenvalue weighted by atomic mass is 9.95. The van der Waals surface area contributed by atoms with Crippen LogP contribution in [0.25, 0.3) is 10.9 Å². The molecule has 2 atom stereocenters. The van der Waals surface area contributed by atoms with E-state index in [1.807, 2.05) is 28.9 Å². The molecule has 6 rings (SSSR count). The number of methoxy groups -OCH3 is 1. The number of fused-ring (bicyclic) bond motifs is 2. The smallest absolute Gasteiger partial charge is 0.253 e. The molecule has 1 N–H and O–H groups in total. The van der Waals surface area contributed by atoms with Gasteiger partial charge in [0.2, 0.25) is 0 Å². The van der Waals surface area contributed by atoms with Gasteiger partial charge in [0.25, 0.3) is 5.56 Å². The van der Waals surface area contributed by atoms with Crippen LogP contribution in [0.2, 0.25) is 0 Å². The van der Waals surface area contributed by atoms with Gasteiger partial charge in [-0.3, -0.25) is 14.6 Å². The number of aromatic nitrogens is 5. The Morgan fingerprint density at radius 2 is 1.88 bits per heavy atom. The highest BCUT2D eigenvalue weighted by molar-refractivity contribution is 5.80. The van der Waals surface area contributed by atoms with Crippen molar-refractivity contribution in [1.29, 1.82) is 0 Å². The topological polar surface area (TPSA) is 92.2 Å². The van der Waals surface area contributed by atoms with Gasteiger partial charge in [-0.05, 0) is 66.9 Å². The number of hydrogen-bond donors (Lipinski definition) is 1. The van der Waals surface area contributed by atoms with Crippen LogP contribution in [0.4, 0.5) is 0 Å². The standard InChI is InChI=1S/C25H33N7O2/c1-34-20-9-10-22-17(14-20)15-21(25(33)26-22)23(31-13-12-30-11-5-8-19(30)16-31)24-27-28-29-32(24)18-6-3-2-4-7-18/h9-10,14-15,18-19,23H,2-8,11-13,16H2,1H3,(H,26,33)/t19-,23-/m1/s1. The van der Waals surface area contributed by atoms with Gasteiger partial charge < -0.3 is 9.72 Å². The molecule has 9 heteroatoms. The first-order valence-electron chi connectivity index (χ1n) is 12.7. The maximum absolute atomic E-state index is 13.5. The van der Waals surface area contributed by atoms with Gasteiger partial charge in [-0.2, -0.15) is 0 Å². The Balaban J connectivity index is 1.46. The molecule has 0 radical (unpaired) electrons. The van der Waals surface area contributed by atoms with E-state index >= 15 is 0 Å². The quantitative estimate of drug-likeness (QED) is 0.622. The van der Waals surface area contributed by atoms with Crippen molar-refractivity contribution in [2.75, 3.05) is 33.3 Å². The molecule has 180 valence electrons. The molecule has 0 spiro atoms. The third-order valence-corrected chi connectivity index (χ3v) is 8.04. The van der Waals surface area contributed by atoms with Crippen LogP contribution in [0.3, 0.4) is 0 Å². The first-order chi connectivity index (χ1) is 16.7. The lowest BCUT2D eigenvalue weighted by Gasteiger charge is -2.41. The molecule has 2 saturated heterocycles. The Hall–Kier alpha value is -2.78. The lowest BCUT2D eigenvalue weighted by molar-refractivity contribution is 0.0778. The summed E-state index contributed by atoms with van der Waals surface area (Å²) in [5.74, 6) is 1.57. The van der Waals surface area contributed by atoms with Crippen molar-refractivity contribution < 1.29 is 4.74 Å². The fourth-order valence-corrected chi connectivity index (χ4v) is 6.25. The highest BCUT2D eigenvalue weighted by atomic mass is 16.5. The number of H-pyrrole nitrogens is 1. The predicted molar refractivity (Wildman–Crippen MR) is 129 cm³/mol. The van der Waals surface area contributed by atoms with E-state index in [1.165, 1.54) is 38.6 Å². The summed E-state index contributed by atoms with van der Waals surface area (Å²) in [5.41, 5.74) is 1.44. The minimum absolute atomic E-state index is 0.0743. The van der Waals surface area contributed by atoms with Crippen LogP contribution in [0.5, 0.6) is 5.75 Å². The van der Waals surface area contributed by atoms with Gasteiger partial charge in [0.05, 0.1) is 13.2 Å². The molecule has 0 bridgehead atoms. The number of benzene rings is 1. The number of rotatable bonds is 5. The zero-order valence-corrected chi connectivity index (χ0v) is 19.8. The number of aromatic amines is 1. The fourth-order valence-electron chi connectivity index (χ4n) is 6.25. The summed E-state index contributed by atoms with van der Waals surface area (Å²) < 4.78 is 7.47. The van der Waals surface area contributed by atoms with Gasteiger partial charge in [-0.15, -0.1) is 5.10 Å². The normalized spacial score (nSPS) is 23.3. The van der Waals surface area contributed by atoms with Crippen molar-refractivity contribution in [3.63, 3.8) is 0 Å². The van der Waals surface area contributed by atoms with Gasteiger partial charge in [-0.1, -0.05) is 19.3 Å². The van der Waals surface area contributed by atoms with Crippen molar-refractivity contribution in [1.82, 2.24) is 35.0 Å². The minimum Gasteiger partial charge on any atom is -0.497 e. The van der Waals surface area contributed by atoms with Crippen molar-refractivity contribution in [3.8, 4) is 5.75 Å². The Kier molecular flexibility index (Phi) is 5.82. The number of piperazine rings is 1. The number of ether oxygens (including phenoxy) is 1. The molecule has 3 fully saturated rings. The first kappa shape index (κ1) is 21.7. The van der Waals surface area contributed by atoms with E-state index in [-0.39, 0.29) is 11.6 Å². The second-order valence-corrected chi connectivity index (χ2v) is 10.0. The van der Waals surface area contributed by atoms with Crippen LogP contribution in [0.1, 0.15) is 68.4 Å². The van der Waals surface area contributed by atoms with E-state index in [2.05, 4.69) is 30.3 Å². The second-order valence-electron chi connectivity index (χ2n) is 10.0. The molecule has 3 aromatic rings. The van der Waals surface area contributed by atoms with E-state index in [4.69, 9.17) is 4.74 Å². The molecule has 34 heavy (non-hydrogen) atoms. The van der Waals surface area contributed by atoms with E-state index < -0.39 is 0 Å². The van der Waals surface area contributed by atoms with Crippen molar-refractivity contribution in [2.45, 2.75) is 63.1 Å². The summed E-state index contributed by atoms with van der Waals surface area (Å²) in [6.45, 7) is 4.02. The molecule has 1 saturated carbocycles. The minimum atomic E-state index is -0.279. The molecular formula is C25H33N7O2. The fraction of sp³-hybridized carbons (Fsp3) is 0.600. The molecule has 9 nitrogen and oxygen atoms in total. The van der Waals surface area contributed by atoms with Crippen LogP contribution in [-0.2, 0) is 0 Å². The lowest BCUT2D eigenvalue weighted by Crippen LogP contribution is -2.52. The van der Waals surface area contributed by atoms with E-state index in [0.29, 0.717) is 17.6 Å². The van der Waals surface area contributed by atoms with Crippen molar-refractivity contribution >= 4 is 10.9 Å². The second kappa shape index (κ2) is 9.11. The predicted octanol–water partition coefficient (Wildman–Crippen LogP) is 2.90. The number of hydrogen-bond acceptors (Lipinski definition) is 7. The molecule has 2 aromatic heterocycles. The average molecular weight is 464 g/mol. The molecule has 3 aliphatic rings. The Morgan fingerprint density at radius 1 is 1.03 bits per heavy atom. The number of nitrogens with zero attached hydrogens (tertiary/aromatic N) is 6. The Bertz CT molecular complexity index is 1220. The van der Waals surface area contributed by atoms with Crippen LogP contribution in [-0.4, -0.2) is 74.3 Å². The van der Waals surface area contributed by atoms with Crippen LogP contribution >= 0.6 is 0 Å². The SMILES string of the molecule is COc1ccc2[nH]c(=O)c([C@H](c3nnnn3C3CCCCC3)N3CCN4CCC[C@@H]4C3)cc2c1.